The van der Waals surface area contributed by atoms with Gasteiger partial charge >= 0.3 is 0 Å². The van der Waals surface area contributed by atoms with E-state index in [2.05, 4.69) is 19.2 Å². The molecular weight excluding hydrogens is 456 g/mol. The first-order valence-electron chi connectivity index (χ1n) is 13.8. The van der Waals surface area contributed by atoms with Crippen LogP contribution in [-0.2, 0) is 19.2 Å². The number of hydrogen-bond acceptors (Lipinski definition) is 5. The summed E-state index contributed by atoms with van der Waals surface area (Å²) in [6.07, 6.45) is 6.87. The molecule has 8 nitrogen and oxygen atoms in total. The van der Waals surface area contributed by atoms with Gasteiger partial charge in [0.05, 0.1) is 12.1 Å². The van der Waals surface area contributed by atoms with Gasteiger partial charge in [0.2, 0.25) is 17.6 Å². The zero-order chi connectivity index (χ0) is 26.8. The fraction of sp³-hybridized carbons (Fsp3) is 0.857. The third-order valence-electron chi connectivity index (χ3n) is 10.4. The van der Waals surface area contributed by atoms with Gasteiger partial charge in [0.15, 0.2) is 0 Å². The molecule has 1 heterocycles. The molecule has 0 bridgehead atoms. The second-order valence-corrected chi connectivity index (χ2v) is 13.5. The number of nitrogens with one attached hydrogen (secondary N) is 1. The molecule has 1 unspecified atom stereocenters. The van der Waals surface area contributed by atoms with E-state index in [1.807, 2.05) is 27.7 Å². The Morgan fingerprint density at radius 1 is 1.11 bits per heavy atom. The lowest BCUT2D eigenvalue weighted by Crippen LogP contribution is -2.57. The molecule has 8 heteroatoms. The monoisotopic (exact) mass is 502 g/mol. The number of Topliss-reactive ketones (excluding diaryl/α,β-unsaturated/α-hetero) is 1. The Morgan fingerprint density at radius 3 is 2.17 bits per heavy atom. The number of hydrogen-bond donors (Lipinski definition) is 2. The molecular formula is C28H46N4O4. The second kappa shape index (κ2) is 8.81. The third kappa shape index (κ3) is 3.89. The molecule has 4 aliphatic rings. The fourth-order valence-corrected chi connectivity index (χ4v) is 7.39. The Balaban J connectivity index is 1.57. The van der Waals surface area contributed by atoms with Gasteiger partial charge in [-0.05, 0) is 54.8 Å². The molecule has 36 heavy (non-hydrogen) atoms. The lowest BCUT2D eigenvalue weighted by atomic mass is 9.73. The second-order valence-electron chi connectivity index (χ2n) is 13.5. The molecule has 3 amide bonds. The van der Waals surface area contributed by atoms with Gasteiger partial charge in [-0.3, -0.25) is 19.2 Å². The first kappa shape index (κ1) is 27.1. The van der Waals surface area contributed by atoms with Crippen molar-refractivity contribution in [1.29, 1.82) is 0 Å². The van der Waals surface area contributed by atoms with Crippen molar-refractivity contribution < 1.29 is 19.2 Å². The van der Waals surface area contributed by atoms with Crippen LogP contribution in [0.5, 0.6) is 0 Å². The third-order valence-corrected chi connectivity index (χ3v) is 10.4. The van der Waals surface area contributed by atoms with E-state index < -0.39 is 35.2 Å². The zero-order valence-corrected chi connectivity index (χ0v) is 23.3. The van der Waals surface area contributed by atoms with Gasteiger partial charge in [-0.25, -0.2) is 0 Å². The average Bonchev–Trinajstić information content (AvgIpc) is 3.63. The van der Waals surface area contributed by atoms with Crippen molar-refractivity contribution in [3.63, 3.8) is 0 Å². The maximum absolute atomic E-state index is 13.8. The fourth-order valence-electron chi connectivity index (χ4n) is 7.39. The highest BCUT2D eigenvalue weighted by Crippen LogP contribution is 2.88. The van der Waals surface area contributed by atoms with Gasteiger partial charge in [0.1, 0.15) is 6.04 Å². The van der Waals surface area contributed by atoms with Crippen LogP contribution in [0.4, 0.5) is 0 Å². The minimum atomic E-state index is -0.883. The molecule has 202 valence electrons. The summed E-state index contributed by atoms with van der Waals surface area (Å²) < 4.78 is 0. The summed E-state index contributed by atoms with van der Waals surface area (Å²) in [6, 6.07) is -2.18. The van der Waals surface area contributed by atoms with Gasteiger partial charge in [-0.2, -0.15) is 0 Å². The van der Waals surface area contributed by atoms with Gasteiger partial charge in [0, 0.05) is 25.0 Å². The smallest absolute Gasteiger partial charge is 0.292 e. The van der Waals surface area contributed by atoms with Gasteiger partial charge in [-0.15, -0.1) is 0 Å². The molecule has 0 aromatic heterocycles. The Labute approximate surface area is 216 Å². The number of carbonyl (C=O) groups excluding carboxylic acids is 4. The highest BCUT2D eigenvalue weighted by molar-refractivity contribution is 6.38. The summed E-state index contributed by atoms with van der Waals surface area (Å²) in [4.78, 5) is 56.6. The molecule has 4 rings (SSSR count). The van der Waals surface area contributed by atoms with E-state index in [1.165, 1.54) is 11.3 Å². The number of carbonyl (C=O) groups is 4. The topological polar surface area (TPSA) is 113 Å². The van der Waals surface area contributed by atoms with E-state index >= 15 is 0 Å². The van der Waals surface area contributed by atoms with E-state index in [4.69, 9.17) is 5.73 Å². The van der Waals surface area contributed by atoms with Crippen LogP contribution < -0.4 is 11.1 Å². The number of ketones is 1. The molecule has 4 atom stereocenters. The number of likely N-dealkylation sites (N-methyl/N-ethyl adjacent to an activating group) is 1. The summed E-state index contributed by atoms with van der Waals surface area (Å²) >= 11 is 0. The van der Waals surface area contributed by atoms with Crippen LogP contribution in [0.15, 0.2) is 0 Å². The van der Waals surface area contributed by atoms with E-state index in [0.29, 0.717) is 25.8 Å². The number of rotatable bonds is 8. The summed E-state index contributed by atoms with van der Waals surface area (Å²) in [6.45, 7) is 12.8. The summed E-state index contributed by atoms with van der Waals surface area (Å²) in [5.74, 6) is -1.66. The number of amides is 3. The Bertz CT molecular complexity index is 946. The minimum absolute atomic E-state index is 0.0409. The van der Waals surface area contributed by atoms with Crippen molar-refractivity contribution in [1.82, 2.24) is 15.1 Å². The van der Waals surface area contributed by atoms with Gasteiger partial charge < -0.3 is 20.9 Å². The highest BCUT2D eigenvalue weighted by Gasteiger charge is 2.85. The van der Waals surface area contributed by atoms with Crippen LogP contribution in [-0.4, -0.2) is 71.1 Å². The molecule has 3 N–H and O–H groups in total. The van der Waals surface area contributed by atoms with E-state index in [-0.39, 0.29) is 34.1 Å². The Hall–Kier alpha value is -1.96. The van der Waals surface area contributed by atoms with Crippen LogP contribution >= 0.6 is 0 Å². The minimum Gasteiger partial charge on any atom is -0.344 e. The predicted octanol–water partition coefficient (Wildman–Crippen LogP) is 2.63. The van der Waals surface area contributed by atoms with Crippen molar-refractivity contribution in [2.24, 2.45) is 27.4 Å². The lowest BCUT2D eigenvalue weighted by molar-refractivity contribution is -0.147. The number of likely N-dealkylation sites (tertiary alicyclic amines) is 1. The van der Waals surface area contributed by atoms with Crippen molar-refractivity contribution in [2.45, 2.75) is 117 Å². The number of nitrogens with two attached hydrogens (primary N) is 1. The molecule has 3 aliphatic carbocycles. The van der Waals surface area contributed by atoms with Crippen LogP contribution in [0.25, 0.3) is 0 Å². The quantitative estimate of drug-likeness (QED) is 0.496. The van der Waals surface area contributed by atoms with Crippen molar-refractivity contribution in [2.75, 3.05) is 13.6 Å². The number of fused-ring (bicyclic) bond motifs is 1. The average molecular weight is 503 g/mol. The Morgan fingerprint density at radius 2 is 1.72 bits per heavy atom. The SMILES string of the molecule is CCCC(NC(=O)[C@@H]1C[C@@]2(CN1C(=O)[C@@H](N)C(C)(C)C)C(C)(C)C21CCC1)C(=O)C(=O)N(C)C1CC1. The highest BCUT2D eigenvalue weighted by atomic mass is 16.2. The van der Waals surface area contributed by atoms with Crippen LogP contribution in [0.3, 0.4) is 0 Å². The lowest BCUT2D eigenvalue weighted by Gasteiger charge is -2.33. The van der Waals surface area contributed by atoms with Crippen molar-refractivity contribution in [3.8, 4) is 0 Å². The predicted molar refractivity (Wildman–Crippen MR) is 138 cm³/mol. The maximum Gasteiger partial charge on any atom is 0.292 e. The first-order valence-corrected chi connectivity index (χ1v) is 13.8. The summed E-state index contributed by atoms with van der Waals surface area (Å²) in [5, 5.41) is 2.90. The number of nitrogens with zero attached hydrogens (tertiary/aromatic N) is 2. The maximum atomic E-state index is 13.8. The Kier molecular flexibility index (Phi) is 6.63. The van der Waals surface area contributed by atoms with Gasteiger partial charge in [-0.1, -0.05) is 54.4 Å². The molecule has 0 radical (unpaired) electrons. The van der Waals surface area contributed by atoms with Crippen LogP contribution in [0, 0.1) is 21.7 Å². The summed E-state index contributed by atoms with van der Waals surface area (Å²) in [5.41, 5.74) is 6.06. The van der Waals surface area contributed by atoms with Gasteiger partial charge in [0.25, 0.3) is 5.91 Å². The van der Waals surface area contributed by atoms with E-state index in [1.54, 1.807) is 11.9 Å². The normalized spacial score (nSPS) is 29.4. The van der Waals surface area contributed by atoms with E-state index in [9.17, 15) is 19.2 Å². The summed E-state index contributed by atoms with van der Waals surface area (Å²) in [7, 11) is 1.66. The van der Waals surface area contributed by atoms with E-state index in [0.717, 1.165) is 25.7 Å². The molecule has 4 fully saturated rings. The largest absolute Gasteiger partial charge is 0.344 e. The molecule has 3 saturated carbocycles. The van der Waals surface area contributed by atoms with Crippen molar-refractivity contribution >= 4 is 23.5 Å². The molecule has 1 saturated heterocycles. The van der Waals surface area contributed by atoms with Crippen molar-refractivity contribution in [3.05, 3.63) is 0 Å². The van der Waals surface area contributed by atoms with Crippen LogP contribution in [0.1, 0.15) is 92.9 Å². The molecule has 0 aromatic carbocycles. The van der Waals surface area contributed by atoms with Crippen LogP contribution in [0.2, 0.25) is 0 Å². The molecule has 1 aliphatic heterocycles. The first-order chi connectivity index (χ1) is 16.6. The zero-order valence-electron chi connectivity index (χ0n) is 23.3. The molecule has 0 aromatic rings. The molecule has 2 spiro atoms. The standard InChI is InChI=1S/C28H46N4O4/c1-8-10-18(20(33)23(35)31(7)17-11-12-17)30-22(34)19-15-28(26(5,6)27(28)13-9-14-27)16-32(19)24(36)21(29)25(2,3)4/h17-19,21H,8-16,29H2,1-7H3,(H,30,34)/t18?,19-,21+,28+/m0/s1.